The van der Waals surface area contributed by atoms with Crippen LogP contribution in [0.15, 0.2) is 73.2 Å². The maximum atomic E-state index is 12.4. The zero-order valence-electron chi connectivity index (χ0n) is 14.8. The lowest BCUT2D eigenvalue weighted by Gasteiger charge is -2.01. The van der Waals surface area contributed by atoms with Gasteiger partial charge in [0, 0.05) is 18.8 Å². The molecule has 27 heavy (non-hydrogen) atoms. The third-order valence-corrected chi connectivity index (χ3v) is 5.06. The van der Waals surface area contributed by atoms with Gasteiger partial charge in [-0.25, -0.2) is 9.97 Å². The summed E-state index contributed by atoms with van der Waals surface area (Å²) >= 11 is 1.44. The fourth-order valence-corrected chi connectivity index (χ4v) is 3.78. The molecule has 6 heteroatoms. The average Bonchev–Trinajstić information content (AvgIpc) is 3.29. The molecule has 0 bridgehead atoms. The molecular weight excluding hydrogens is 356 g/mol. The quantitative estimate of drug-likeness (QED) is 0.563. The van der Waals surface area contributed by atoms with Gasteiger partial charge in [0.15, 0.2) is 5.13 Å². The standard InChI is InChI=1S/C21H18N4OS/c1-25-13-17(22-14-25)20-19(16-10-6-3-7-11-16)24-21(27-20)23-18(26)12-15-8-4-2-5-9-15/h2-11,13-14H,12H2,1H3,(H,23,24,26). The van der Waals surface area contributed by atoms with E-state index in [0.717, 1.165) is 27.4 Å². The molecule has 134 valence electrons. The summed E-state index contributed by atoms with van der Waals surface area (Å²) in [5.74, 6) is -0.0814. The number of aromatic nitrogens is 3. The largest absolute Gasteiger partial charge is 0.340 e. The normalized spacial score (nSPS) is 10.7. The number of hydrogen-bond acceptors (Lipinski definition) is 4. The molecule has 2 heterocycles. The fourth-order valence-electron chi connectivity index (χ4n) is 2.81. The van der Waals surface area contributed by atoms with E-state index in [0.29, 0.717) is 11.6 Å². The fraction of sp³-hybridized carbons (Fsp3) is 0.0952. The molecule has 4 rings (SSSR count). The summed E-state index contributed by atoms with van der Waals surface area (Å²) in [6, 6.07) is 19.6. The number of aryl methyl sites for hydroxylation is 1. The lowest BCUT2D eigenvalue weighted by molar-refractivity contribution is -0.115. The second kappa shape index (κ2) is 7.55. The van der Waals surface area contributed by atoms with E-state index in [4.69, 9.17) is 0 Å². The minimum Gasteiger partial charge on any atom is -0.340 e. The van der Waals surface area contributed by atoms with Crippen LogP contribution in [0.3, 0.4) is 0 Å². The summed E-state index contributed by atoms with van der Waals surface area (Å²) in [6.07, 6.45) is 4.03. The topological polar surface area (TPSA) is 59.8 Å². The van der Waals surface area contributed by atoms with Crippen LogP contribution >= 0.6 is 11.3 Å². The molecule has 0 aliphatic heterocycles. The highest BCUT2D eigenvalue weighted by Gasteiger charge is 2.18. The summed E-state index contributed by atoms with van der Waals surface area (Å²) in [7, 11) is 1.93. The van der Waals surface area contributed by atoms with Crippen molar-refractivity contribution in [3.8, 4) is 21.8 Å². The summed E-state index contributed by atoms with van der Waals surface area (Å²) < 4.78 is 1.90. The number of anilines is 1. The van der Waals surface area contributed by atoms with Gasteiger partial charge < -0.3 is 9.88 Å². The van der Waals surface area contributed by atoms with E-state index in [9.17, 15) is 4.79 Å². The van der Waals surface area contributed by atoms with Crippen molar-refractivity contribution >= 4 is 22.4 Å². The summed E-state index contributed by atoms with van der Waals surface area (Å²) in [6.45, 7) is 0. The monoisotopic (exact) mass is 374 g/mol. The Morgan fingerprint density at radius 1 is 1.07 bits per heavy atom. The van der Waals surface area contributed by atoms with Crippen LogP contribution in [0.5, 0.6) is 0 Å². The predicted molar refractivity (Wildman–Crippen MR) is 109 cm³/mol. The number of benzene rings is 2. The van der Waals surface area contributed by atoms with Gasteiger partial charge in [-0.05, 0) is 5.56 Å². The number of rotatable bonds is 5. The second-order valence-electron chi connectivity index (χ2n) is 6.20. The maximum absolute atomic E-state index is 12.4. The first-order valence-corrected chi connectivity index (χ1v) is 9.39. The molecule has 2 aromatic heterocycles. The Balaban J connectivity index is 1.64. The van der Waals surface area contributed by atoms with Gasteiger partial charge in [0.05, 0.1) is 23.3 Å². The smallest absolute Gasteiger partial charge is 0.230 e. The van der Waals surface area contributed by atoms with E-state index in [1.165, 1.54) is 11.3 Å². The van der Waals surface area contributed by atoms with Gasteiger partial charge in [-0.3, -0.25) is 4.79 Å². The van der Waals surface area contributed by atoms with Crippen LogP contribution in [0.1, 0.15) is 5.56 Å². The molecular formula is C21H18N4OS. The highest BCUT2D eigenvalue weighted by molar-refractivity contribution is 7.19. The van der Waals surface area contributed by atoms with Crippen molar-refractivity contribution in [3.63, 3.8) is 0 Å². The molecule has 0 atom stereocenters. The Kier molecular flexibility index (Phi) is 4.80. The predicted octanol–water partition coefficient (Wildman–Crippen LogP) is 4.39. The molecule has 0 radical (unpaired) electrons. The third-order valence-electron chi connectivity index (χ3n) is 4.07. The summed E-state index contributed by atoms with van der Waals surface area (Å²) in [5, 5.41) is 3.51. The first kappa shape index (κ1) is 17.2. The van der Waals surface area contributed by atoms with Crippen LogP contribution < -0.4 is 5.32 Å². The minimum atomic E-state index is -0.0814. The van der Waals surface area contributed by atoms with Crippen LogP contribution in [-0.4, -0.2) is 20.4 Å². The summed E-state index contributed by atoms with van der Waals surface area (Å²) in [4.78, 5) is 22.5. The first-order valence-electron chi connectivity index (χ1n) is 8.57. The van der Waals surface area contributed by atoms with Gasteiger partial charge in [0.2, 0.25) is 5.91 Å². The number of carbonyl (C=O) groups is 1. The number of nitrogens with zero attached hydrogens (tertiary/aromatic N) is 3. The van der Waals surface area contributed by atoms with Crippen molar-refractivity contribution in [2.45, 2.75) is 6.42 Å². The van der Waals surface area contributed by atoms with Crippen molar-refractivity contribution in [1.29, 1.82) is 0 Å². The molecule has 0 unspecified atom stereocenters. The van der Waals surface area contributed by atoms with Crippen molar-refractivity contribution in [2.24, 2.45) is 7.05 Å². The lowest BCUT2D eigenvalue weighted by Crippen LogP contribution is -2.14. The third kappa shape index (κ3) is 3.96. The highest BCUT2D eigenvalue weighted by Crippen LogP contribution is 2.38. The lowest BCUT2D eigenvalue weighted by atomic mass is 10.1. The summed E-state index contributed by atoms with van der Waals surface area (Å²) in [5.41, 5.74) is 3.64. The van der Waals surface area contributed by atoms with E-state index < -0.39 is 0 Å². The number of imidazole rings is 1. The molecule has 0 saturated carbocycles. The molecule has 0 spiro atoms. The van der Waals surface area contributed by atoms with Crippen LogP contribution in [0, 0.1) is 0 Å². The van der Waals surface area contributed by atoms with E-state index in [1.807, 2.05) is 78.5 Å². The SMILES string of the molecule is Cn1cnc(-c2sc(NC(=O)Cc3ccccc3)nc2-c2ccccc2)c1. The Hall–Kier alpha value is -3.25. The Morgan fingerprint density at radius 2 is 1.78 bits per heavy atom. The van der Waals surface area contributed by atoms with Crippen molar-refractivity contribution in [2.75, 3.05) is 5.32 Å². The number of carbonyl (C=O) groups excluding carboxylic acids is 1. The molecule has 0 saturated heterocycles. The zero-order valence-corrected chi connectivity index (χ0v) is 15.6. The second-order valence-corrected chi connectivity index (χ2v) is 7.20. The van der Waals surface area contributed by atoms with Gasteiger partial charge in [-0.1, -0.05) is 72.0 Å². The van der Waals surface area contributed by atoms with Gasteiger partial charge in [0.1, 0.15) is 5.69 Å². The van der Waals surface area contributed by atoms with E-state index in [1.54, 1.807) is 6.33 Å². The number of thiazole rings is 1. The van der Waals surface area contributed by atoms with Gasteiger partial charge in [-0.15, -0.1) is 0 Å². The molecule has 5 nitrogen and oxygen atoms in total. The van der Waals surface area contributed by atoms with Crippen LogP contribution in [0.4, 0.5) is 5.13 Å². The number of hydrogen-bond donors (Lipinski definition) is 1. The van der Waals surface area contributed by atoms with Gasteiger partial charge in [-0.2, -0.15) is 0 Å². The van der Waals surface area contributed by atoms with Crippen LogP contribution in [0.2, 0.25) is 0 Å². The Bertz CT molecular complexity index is 1050. The number of nitrogens with one attached hydrogen (secondary N) is 1. The van der Waals surface area contributed by atoms with E-state index in [-0.39, 0.29) is 5.91 Å². The molecule has 1 N–H and O–H groups in total. The molecule has 1 amide bonds. The van der Waals surface area contributed by atoms with Gasteiger partial charge in [0.25, 0.3) is 0 Å². The first-order chi connectivity index (χ1) is 13.2. The van der Waals surface area contributed by atoms with E-state index in [2.05, 4.69) is 15.3 Å². The van der Waals surface area contributed by atoms with Crippen molar-refractivity contribution in [3.05, 3.63) is 78.8 Å². The van der Waals surface area contributed by atoms with Crippen LogP contribution in [0.25, 0.3) is 21.8 Å². The molecule has 0 aliphatic carbocycles. The van der Waals surface area contributed by atoms with Gasteiger partial charge >= 0.3 is 0 Å². The molecule has 0 fully saturated rings. The van der Waals surface area contributed by atoms with E-state index >= 15 is 0 Å². The zero-order chi connectivity index (χ0) is 18.6. The van der Waals surface area contributed by atoms with Crippen molar-refractivity contribution < 1.29 is 4.79 Å². The maximum Gasteiger partial charge on any atom is 0.230 e. The minimum absolute atomic E-state index is 0.0814. The van der Waals surface area contributed by atoms with Crippen molar-refractivity contribution in [1.82, 2.24) is 14.5 Å². The van der Waals surface area contributed by atoms with Crippen LogP contribution in [-0.2, 0) is 18.3 Å². The molecule has 2 aromatic carbocycles. The highest BCUT2D eigenvalue weighted by atomic mass is 32.1. The Labute approximate surface area is 161 Å². The average molecular weight is 374 g/mol. The molecule has 4 aromatic rings. The Morgan fingerprint density at radius 3 is 2.44 bits per heavy atom. The molecule has 0 aliphatic rings. The number of amides is 1.